The average molecular weight is 385 g/mol. The van der Waals surface area contributed by atoms with Crippen molar-refractivity contribution in [2.45, 2.75) is 26.2 Å². The summed E-state index contributed by atoms with van der Waals surface area (Å²) in [5.74, 6) is -0.227. The maximum atomic E-state index is 12.6. The molecule has 28 heavy (non-hydrogen) atoms. The molecule has 0 saturated carbocycles. The molecule has 0 unspecified atom stereocenters. The van der Waals surface area contributed by atoms with Crippen LogP contribution in [0.15, 0.2) is 29.4 Å². The van der Waals surface area contributed by atoms with Crippen molar-refractivity contribution in [3.05, 3.63) is 29.8 Å². The van der Waals surface area contributed by atoms with E-state index in [1.54, 1.807) is 11.9 Å². The van der Waals surface area contributed by atoms with E-state index in [4.69, 9.17) is 0 Å². The van der Waals surface area contributed by atoms with Gasteiger partial charge in [-0.25, -0.2) is 5.01 Å². The monoisotopic (exact) mass is 385 g/mol. The lowest BCUT2D eigenvalue weighted by Crippen LogP contribution is -2.52. The minimum Gasteiger partial charge on any atom is -0.335 e. The van der Waals surface area contributed by atoms with E-state index in [2.05, 4.69) is 17.3 Å². The zero-order valence-electron chi connectivity index (χ0n) is 16.5. The number of rotatable bonds is 5. The molecule has 1 aromatic rings. The smallest absolute Gasteiger partial charge is 0.270 e. The number of carbonyl (C=O) groups excluding carboxylic acids is 3. The van der Waals surface area contributed by atoms with Crippen LogP contribution in [0, 0.1) is 0 Å². The fraction of sp³-hybridized carbons (Fsp3) is 0.500. The van der Waals surface area contributed by atoms with Crippen LogP contribution in [0.4, 0.5) is 5.69 Å². The van der Waals surface area contributed by atoms with Crippen LogP contribution in [-0.4, -0.2) is 78.0 Å². The van der Waals surface area contributed by atoms with Gasteiger partial charge in [-0.3, -0.25) is 19.3 Å². The van der Waals surface area contributed by atoms with Crippen LogP contribution >= 0.6 is 0 Å². The van der Waals surface area contributed by atoms with E-state index in [0.717, 1.165) is 17.7 Å². The predicted octanol–water partition coefficient (Wildman–Crippen LogP) is 0.940. The number of nitrogens with one attached hydrogen (secondary N) is 1. The van der Waals surface area contributed by atoms with E-state index in [0.29, 0.717) is 51.3 Å². The molecule has 1 fully saturated rings. The number of para-hydroxylation sites is 1. The minimum absolute atomic E-state index is 0.0440. The zero-order chi connectivity index (χ0) is 20.1. The number of aryl methyl sites for hydroxylation is 1. The van der Waals surface area contributed by atoms with Crippen molar-refractivity contribution < 1.29 is 14.4 Å². The molecule has 8 nitrogen and oxygen atoms in total. The molecule has 1 N–H and O–H groups in total. The average Bonchev–Trinajstić information content (AvgIpc) is 2.70. The number of anilines is 1. The van der Waals surface area contributed by atoms with Gasteiger partial charge in [0.05, 0.1) is 6.54 Å². The molecular formula is C20H27N5O3. The van der Waals surface area contributed by atoms with E-state index in [1.807, 2.05) is 29.2 Å². The van der Waals surface area contributed by atoms with Gasteiger partial charge in [-0.05, 0) is 18.1 Å². The Morgan fingerprint density at radius 1 is 1.11 bits per heavy atom. The highest BCUT2D eigenvalue weighted by Gasteiger charge is 2.28. The Bertz CT molecular complexity index is 784. The molecule has 0 aromatic heterocycles. The van der Waals surface area contributed by atoms with E-state index >= 15 is 0 Å². The lowest BCUT2D eigenvalue weighted by atomic mass is 10.1. The predicted molar refractivity (Wildman–Crippen MR) is 107 cm³/mol. The lowest BCUT2D eigenvalue weighted by molar-refractivity contribution is -0.131. The number of hydrazone groups is 1. The summed E-state index contributed by atoms with van der Waals surface area (Å²) in [4.78, 5) is 40.3. The normalized spacial score (nSPS) is 18.1. The molecule has 1 saturated heterocycles. The molecule has 3 amide bonds. The van der Waals surface area contributed by atoms with Crippen LogP contribution in [0.5, 0.6) is 0 Å². The van der Waals surface area contributed by atoms with Gasteiger partial charge >= 0.3 is 0 Å². The number of benzene rings is 1. The van der Waals surface area contributed by atoms with Crippen molar-refractivity contribution in [1.29, 1.82) is 0 Å². The Kier molecular flexibility index (Phi) is 6.41. The van der Waals surface area contributed by atoms with Gasteiger partial charge in [-0.15, -0.1) is 0 Å². The summed E-state index contributed by atoms with van der Waals surface area (Å²) in [6, 6.07) is 7.81. The molecular weight excluding hydrogens is 358 g/mol. The quantitative estimate of drug-likeness (QED) is 0.817. The number of piperazine rings is 1. The first kappa shape index (κ1) is 20.0. The Morgan fingerprint density at radius 3 is 2.50 bits per heavy atom. The second-order valence-electron chi connectivity index (χ2n) is 7.09. The first-order valence-corrected chi connectivity index (χ1v) is 9.71. The summed E-state index contributed by atoms with van der Waals surface area (Å²) < 4.78 is 0. The van der Waals surface area contributed by atoms with Gasteiger partial charge in [-0.1, -0.05) is 25.1 Å². The molecule has 0 atom stereocenters. The molecule has 2 heterocycles. The topological polar surface area (TPSA) is 85.3 Å². The van der Waals surface area contributed by atoms with Gasteiger partial charge in [0.1, 0.15) is 5.71 Å². The Hall–Kier alpha value is -2.74. The number of amides is 3. The zero-order valence-corrected chi connectivity index (χ0v) is 16.5. The molecule has 150 valence electrons. The lowest BCUT2D eigenvalue weighted by Gasteiger charge is -2.35. The van der Waals surface area contributed by atoms with Crippen molar-refractivity contribution in [2.24, 2.45) is 5.10 Å². The standard InChI is InChI=1S/C20H27N5O3/c1-3-15-6-4-5-7-16(15)21-18(26)14-24-10-12-25(13-11-24)20(28)17-8-9-19(27)23(2)22-17/h4-7H,3,8-14H2,1-2H3,(H,21,26). The van der Waals surface area contributed by atoms with Gasteiger partial charge in [0.15, 0.2) is 0 Å². The van der Waals surface area contributed by atoms with Gasteiger partial charge < -0.3 is 10.2 Å². The van der Waals surface area contributed by atoms with Crippen molar-refractivity contribution in [2.75, 3.05) is 45.1 Å². The number of carbonyl (C=O) groups is 3. The van der Waals surface area contributed by atoms with E-state index in [9.17, 15) is 14.4 Å². The third-order valence-electron chi connectivity index (χ3n) is 5.15. The SMILES string of the molecule is CCc1ccccc1NC(=O)CN1CCN(C(=O)C2=NN(C)C(=O)CC2)CC1. The van der Waals surface area contributed by atoms with Crippen molar-refractivity contribution in [3.63, 3.8) is 0 Å². The van der Waals surface area contributed by atoms with Crippen LogP contribution in [0.1, 0.15) is 25.3 Å². The van der Waals surface area contributed by atoms with Crippen LogP contribution in [0.3, 0.4) is 0 Å². The Labute approximate surface area is 165 Å². The Balaban J connectivity index is 1.49. The third kappa shape index (κ3) is 4.75. The second-order valence-corrected chi connectivity index (χ2v) is 7.09. The molecule has 0 spiro atoms. The molecule has 0 bridgehead atoms. The summed E-state index contributed by atoms with van der Waals surface area (Å²) in [5, 5.41) is 8.33. The van der Waals surface area contributed by atoms with Crippen LogP contribution in [-0.2, 0) is 20.8 Å². The Morgan fingerprint density at radius 2 is 1.82 bits per heavy atom. The van der Waals surface area contributed by atoms with Gasteiger partial charge in [0.25, 0.3) is 5.91 Å². The van der Waals surface area contributed by atoms with Crippen molar-refractivity contribution >= 4 is 29.1 Å². The van der Waals surface area contributed by atoms with E-state index in [-0.39, 0.29) is 17.7 Å². The van der Waals surface area contributed by atoms with Gasteiger partial charge in [0, 0.05) is 51.8 Å². The number of hydrogen-bond acceptors (Lipinski definition) is 5. The second kappa shape index (κ2) is 8.97. The van der Waals surface area contributed by atoms with Crippen LogP contribution in [0.2, 0.25) is 0 Å². The fourth-order valence-electron chi connectivity index (χ4n) is 3.46. The first-order chi connectivity index (χ1) is 13.5. The summed E-state index contributed by atoms with van der Waals surface area (Å²) in [6.45, 7) is 4.74. The molecule has 3 rings (SSSR count). The molecule has 2 aliphatic heterocycles. The van der Waals surface area contributed by atoms with Crippen molar-refractivity contribution in [1.82, 2.24) is 14.8 Å². The minimum atomic E-state index is -0.111. The van der Waals surface area contributed by atoms with Crippen LogP contribution in [0.25, 0.3) is 0 Å². The largest absolute Gasteiger partial charge is 0.335 e. The van der Waals surface area contributed by atoms with E-state index in [1.165, 1.54) is 5.01 Å². The van der Waals surface area contributed by atoms with Crippen LogP contribution < -0.4 is 5.32 Å². The maximum Gasteiger partial charge on any atom is 0.270 e. The molecule has 2 aliphatic rings. The summed E-state index contributed by atoms with van der Waals surface area (Å²) in [6.07, 6.45) is 1.57. The molecule has 8 heteroatoms. The highest BCUT2D eigenvalue weighted by Crippen LogP contribution is 2.16. The maximum absolute atomic E-state index is 12.6. The highest BCUT2D eigenvalue weighted by atomic mass is 16.2. The van der Waals surface area contributed by atoms with E-state index < -0.39 is 0 Å². The molecule has 0 radical (unpaired) electrons. The summed E-state index contributed by atoms with van der Waals surface area (Å²) >= 11 is 0. The molecule has 0 aliphatic carbocycles. The van der Waals surface area contributed by atoms with Crippen molar-refractivity contribution in [3.8, 4) is 0 Å². The fourth-order valence-corrected chi connectivity index (χ4v) is 3.46. The third-order valence-corrected chi connectivity index (χ3v) is 5.15. The summed E-state index contributed by atoms with van der Waals surface area (Å²) in [7, 11) is 1.57. The highest BCUT2D eigenvalue weighted by molar-refractivity contribution is 6.39. The summed E-state index contributed by atoms with van der Waals surface area (Å²) in [5.41, 5.74) is 2.41. The molecule has 1 aromatic carbocycles. The number of nitrogens with zero attached hydrogens (tertiary/aromatic N) is 4. The number of hydrogen-bond donors (Lipinski definition) is 1. The van der Waals surface area contributed by atoms with Gasteiger partial charge in [0.2, 0.25) is 11.8 Å². The first-order valence-electron chi connectivity index (χ1n) is 9.71. The van der Waals surface area contributed by atoms with Gasteiger partial charge in [-0.2, -0.15) is 5.10 Å².